The van der Waals surface area contributed by atoms with Gasteiger partial charge in [0.2, 0.25) is 0 Å². The predicted molar refractivity (Wildman–Crippen MR) is 71.0 cm³/mol. The lowest BCUT2D eigenvalue weighted by molar-refractivity contribution is -0.136. The molecule has 4 nitrogen and oxygen atoms in total. The van der Waals surface area contributed by atoms with Crippen molar-refractivity contribution in [1.29, 1.82) is 0 Å². The van der Waals surface area contributed by atoms with Gasteiger partial charge in [-0.3, -0.25) is 4.79 Å². The van der Waals surface area contributed by atoms with E-state index in [0.717, 1.165) is 10.5 Å². The van der Waals surface area contributed by atoms with Crippen molar-refractivity contribution in [2.45, 2.75) is 24.3 Å². The molecule has 0 radical (unpaired) electrons. The van der Waals surface area contributed by atoms with Crippen LogP contribution in [0.3, 0.4) is 0 Å². The first-order valence-electron chi connectivity index (χ1n) is 5.81. The molecule has 100 valence electrons. The lowest BCUT2D eigenvalue weighted by atomic mass is 10.2. The van der Waals surface area contributed by atoms with E-state index in [1.165, 1.54) is 11.8 Å². The summed E-state index contributed by atoms with van der Waals surface area (Å²) in [6.45, 7) is 2.84. The van der Waals surface area contributed by atoms with Crippen LogP contribution in [0.2, 0.25) is 0 Å². The Bertz CT molecular complexity index is 364. The van der Waals surface area contributed by atoms with Crippen LogP contribution in [0.5, 0.6) is 0 Å². The van der Waals surface area contributed by atoms with Gasteiger partial charge in [0.05, 0.1) is 19.1 Å². The van der Waals surface area contributed by atoms with Crippen LogP contribution in [-0.4, -0.2) is 41.3 Å². The number of benzene rings is 1. The fraction of sp³-hybridized carbons (Fsp3) is 0.462. The molecule has 0 aliphatic carbocycles. The van der Waals surface area contributed by atoms with Crippen molar-refractivity contribution in [3.63, 3.8) is 0 Å². The number of carboxylic acid groups (broad SMARTS) is 1. The predicted octanol–water partition coefficient (Wildman–Crippen LogP) is 1.80. The highest BCUT2D eigenvalue weighted by Crippen LogP contribution is 2.19. The summed E-state index contributed by atoms with van der Waals surface area (Å²) < 4.78 is 5.12. The van der Waals surface area contributed by atoms with Gasteiger partial charge in [0, 0.05) is 17.3 Å². The Kier molecular flexibility index (Phi) is 6.78. The minimum Gasteiger partial charge on any atom is -0.481 e. The third kappa shape index (κ3) is 6.05. The standard InChI is InChI=1S/C13H18O4S/c1-2-17-8-11(14)9-18-12-5-3-10(4-6-12)7-13(15)16/h3-6,11,14H,2,7-9H2,1H3,(H,15,16). The summed E-state index contributed by atoms with van der Waals surface area (Å²) in [4.78, 5) is 11.5. The number of carboxylic acids is 1. The molecule has 0 heterocycles. The van der Waals surface area contributed by atoms with E-state index >= 15 is 0 Å². The van der Waals surface area contributed by atoms with Gasteiger partial charge < -0.3 is 14.9 Å². The fourth-order valence-electron chi connectivity index (χ4n) is 1.37. The largest absolute Gasteiger partial charge is 0.481 e. The zero-order valence-corrected chi connectivity index (χ0v) is 11.2. The number of hydrogen-bond donors (Lipinski definition) is 2. The summed E-state index contributed by atoms with van der Waals surface area (Å²) in [5.41, 5.74) is 0.779. The molecule has 1 aromatic carbocycles. The van der Waals surface area contributed by atoms with Crippen molar-refractivity contribution < 1.29 is 19.7 Å². The van der Waals surface area contributed by atoms with E-state index < -0.39 is 12.1 Å². The lowest BCUT2D eigenvalue weighted by Crippen LogP contribution is -2.17. The van der Waals surface area contributed by atoms with Crippen molar-refractivity contribution in [3.05, 3.63) is 29.8 Å². The van der Waals surface area contributed by atoms with Crippen LogP contribution >= 0.6 is 11.8 Å². The molecule has 0 saturated heterocycles. The molecule has 0 aliphatic heterocycles. The first-order valence-corrected chi connectivity index (χ1v) is 6.79. The van der Waals surface area contributed by atoms with Gasteiger partial charge in [-0.15, -0.1) is 11.8 Å². The average molecular weight is 270 g/mol. The SMILES string of the molecule is CCOCC(O)CSc1ccc(CC(=O)O)cc1. The summed E-state index contributed by atoms with van der Waals surface area (Å²) in [7, 11) is 0. The second-order valence-electron chi connectivity index (χ2n) is 3.84. The van der Waals surface area contributed by atoms with Gasteiger partial charge >= 0.3 is 5.97 Å². The summed E-state index contributed by atoms with van der Waals surface area (Å²) in [6.07, 6.45) is -0.439. The Morgan fingerprint density at radius 1 is 1.39 bits per heavy atom. The molecule has 1 rings (SSSR count). The zero-order valence-electron chi connectivity index (χ0n) is 10.3. The maximum absolute atomic E-state index is 10.5. The van der Waals surface area contributed by atoms with Crippen LogP contribution in [-0.2, 0) is 16.0 Å². The van der Waals surface area contributed by atoms with Gasteiger partial charge in [-0.25, -0.2) is 0 Å². The van der Waals surface area contributed by atoms with Gasteiger partial charge in [-0.05, 0) is 24.6 Å². The molecule has 5 heteroatoms. The van der Waals surface area contributed by atoms with Crippen LogP contribution in [0.25, 0.3) is 0 Å². The van der Waals surface area contributed by atoms with Crippen LogP contribution in [0.4, 0.5) is 0 Å². The van der Waals surface area contributed by atoms with E-state index in [4.69, 9.17) is 9.84 Å². The molecule has 18 heavy (non-hydrogen) atoms. The lowest BCUT2D eigenvalue weighted by Gasteiger charge is -2.10. The second-order valence-corrected chi connectivity index (χ2v) is 4.93. The number of aliphatic hydroxyl groups excluding tert-OH is 1. The molecule has 0 bridgehead atoms. The van der Waals surface area contributed by atoms with E-state index in [2.05, 4.69) is 0 Å². The number of ether oxygens (including phenoxy) is 1. The van der Waals surface area contributed by atoms with Crippen molar-refractivity contribution in [2.75, 3.05) is 19.0 Å². The highest BCUT2D eigenvalue weighted by atomic mass is 32.2. The number of hydrogen-bond acceptors (Lipinski definition) is 4. The van der Waals surface area contributed by atoms with Crippen LogP contribution < -0.4 is 0 Å². The molecule has 0 amide bonds. The molecule has 1 unspecified atom stereocenters. The first-order chi connectivity index (χ1) is 8.61. The van der Waals surface area contributed by atoms with Gasteiger partial charge in [-0.2, -0.15) is 0 Å². The van der Waals surface area contributed by atoms with E-state index in [9.17, 15) is 9.90 Å². The van der Waals surface area contributed by atoms with E-state index in [-0.39, 0.29) is 6.42 Å². The molecule has 0 aliphatic rings. The van der Waals surface area contributed by atoms with Crippen molar-refractivity contribution in [1.82, 2.24) is 0 Å². The summed E-state index contributed by atoms with van der Waals surface area (Å²) in [5.74, 6) is -0.263. The van der Waals surface area contributed by atoms with Gasteiger partial charge in [0.15, 0.2) is 0 Å². The van der Waals surface area contributed by atoms with E-state index in [1.807, 2.05) is 19.1 Å². The number of aliphatic carboxylic acids is 1. The van der Waals surface area contributed by atoms with Crippen molar-refractivity contribution in [2.24, 2.45) is 0 Å². The number of rotatable bonds is 8. The highest BCUT2D eigenvalue weighted by molar-refractivity contribution is 7.99. The molecule has 0 aromatic heterocycles. The Balaban J connectivity index is 2.36. The maximum Gasteiger partial charge on any atom is 0.307 e. The Morgan fingerprint density at radius 3 is 2.61 bits per heavy atom. The normalized spacial score (nSPS) is 12.3. The summed E-state index contributed by atoms with van der Waals surface area (Å²) in [5, 5.41) is 18.2. The summed E-state index contributed by atoms with van der Waals surface area (Å²) in [6, 6.07) is 7.34. The van der Waals surface area contributed by atoms with Crippen LogP contribution in [0.1, 0.15) is 12.5 Å². The van der Waals surface area contributed by atoms with E-state index in [1.54, 1.807) is 12.1 Å². The van der Waals surface area contributed by atoms with Crippen LogP contribution in [0.15, 0.2) is 29.2 Å². The quantitative estimate of drug-likeness (QED) is 0.705. The Hall–Kier alpha value is -1.04. The minimum atomic E-state index is -0.831. The highest BCUT2D eigenvalue weighted by Gasteiger charge is 2.05. The maximum atomic E-state index is 10.5. The molecule has 0 saturated carbocycles. The minimum absolute atomic E-state index is 0.0396. The Morgan fingerprint density at radius 2 is 2.06 bits per heavy atom. The molecular formula is C13H18O4S. The van der Waals surface area contributed by atoms with Crippen LogP contribution in [0, 0.1) is 0 Å². The van der Waals surface area contributed by atoms with Gasteiger partial charge in [0.1, 0.15) is 0 Å². The number of aliphatic hydroxyl groups is 1. The Labute approximate surface area is 111 Å². The summed E-state index contributed by atoms with van der Waals surface area (Å²) >= 11 is 1.53. The molecule has 0 fully saturated rings. The van der Waals surface area contributed by atoms with Crippen molar-refractivity contribution in [3.8, 4) is 0 Å². The first kappa shape index (κ1) is 15.0. The monoisotopic (exact) mass is 270 g/mol. The molecule has 1 aromatic rings. The zero-order chi connectivity index (χ0) is 13.4. The fourth-order valence-corrected chi connectivity index (χ4v) is 2.18. The number of carbonyl (C=O) groups is 1. The topological polar surface area (TPSA) is 66.8 Å². The molecule has 1 atom stereocenters. The molecule has 2 N–H and O–H groups in total. The molecular weight excluding hydrogens is 252 g/mol. The third-order valence-electron chi connectivity index (χ3n) is 2.24. The smallest absolute Gasteiger partial charge is 0.307 e. The average Bonchev–Trinajstić information content (AvgIpc) is 2.35. The van der Waals surface area contributed by atoms with Gasteiger partial charge in [0.25, 0.3) is 0 Å². The molecule has 0 spiro atoms. The van der Waals surface area contributed by atoms with Crippen molar-refractivity contribution >= 4 is 17.7 Å². The second kappa shape index (κ2) is 8.13. The van der Waals surface area contributed by atoms with E-state index in [0.29, 0.717) is 19.0 Å². The number of thioether (sulfide) groups is 1. The van der Waals surface area contributed by atoms with Gasteiger partial charge in [-0.1, -0.05) is 12.1 Å². The third-order valence-corrected chi connectivity index (χ3v) is 3.39.